The van der Waals surface area contributed by atoms with Gasteiger partial charge >= 0.3 is 0 Å². The van der Waals surface area contributed by atoms with Gasteiger partial charge < -0.3 is 10.6 Å². The van der Waals surface area contributed by atoms with Gasteiger partial charge in [0, 0.05) is 13.1 Å². The van der Waals surface area contributed by atoms with Crippen LogP contribution in [0.1, 0.15) is 34.6 Å². The molecule has 0 aliphatic heterocycles. The van der Waals surface area contributed by atoms with E-state index in [1.54, 1.807) is 11.8 Å². The van der Waals surface area contributed by atoms with Crippen LogP contribution in [0.15, 0.2) is 0 Å². The zero-order valence-corrected chi connectivity index (χ0v) is 10.9. The quantitative estimate of drug-likeness (QED) is 0.785. The third-order valence-corrected chi connectivity index (χ3v) is 2.61. The minimum atomic E-state index is -0.515. The fourth-order valence-corrected chi connectivity index (χ4v) is 1.31. The Morgan fingerprint density at radius 3 is 2.31 bits per heavy atom. The summed E-state index contributed by atoms with van der Waals surface area (Å²) >= 11 is 0. The molecule has 2 N–H and O–H groups in total. The van der Waals surface area contributed by atoms with Crippen LogP contribution in [0.25, 0.3) is 0 Å². The normalized spacial score (nSPS) is 15.1. The SMILES string of the molecule is CCN(CC(C)C#N)C(=O)C(N)C(C)(C)C. The number of nitriles is 1. The second kappa shape index (κ2) is 5.86. The number of hydrogen-bond acceptors (Lipinski definition) is 3. The monoisotopic (exact) mass is 225 g/mol. The Kier molecular flexibility index (Phi) is 5.46. The van der Waals surface area contributed by atoms with Gasteiger partial charge in [-0.15, -0.1) is 0 Å². The van der Waals surface area contributed by atoms with Crippen molar-refractivity contribution >= 4 is 5.91 Å². The van der Waals surface area contributed by atoms with Gasteiger partial charge in [-0.2, -0.15) is 5.26 Å². The fraction of sp³-hybridized carbons (Fsp3) is 0.833. The van der Waals surface area contributed by atoms with Crippen LogP contribution in [0.4, 0.5) is 0 Å². The van der Waals surface area contributed by atoms with Gasteiger partial charge in [-0.1, -0.05) is 20.8 Å². The lowest BCUT2D eigenvalue weighted by Gasteiger charge is -2.32. The number of hydrogen-bond donors (Lipinski definition) is 1. The lowest BCUT2D eigenvalue weighted by molar-refractivity contribution is -0.135. The van der Waals surface area contributed by atoms with E-state index in [1.807, 2.05) is 27.7 Å². The summed E-state index contributed by atoms with van der Waals surface area (Å²) in [5, 5.41) is 8.74. The number of carbonyl (C=O) groups excluding carboxylic acids is 1. The van der Waals surface area contributed by atoms with Gasteiger partial charge in [0.15, 0.2) is 0 Å². The molecule has 0 bridgehead atoms. The van der Waals surface area contributed by atoms with Crippen LogP contribution < -0.4 is 5.73 Å². The van der Waals surface area contributed by atoms with Crippen LogP contribution in [0, 0.1) is 22.7 Å². The van der Waals surface area contributed by atoms with Gasteiger partial charge in [0.05, 0.1) is 18.0 Å². The van der Waals surface area contributed by atoms with E-state index >= 15 is 0 Å². The third kappa shape index (κ3) is 4.19. The molecule has 0 aliphatic rings. The van der Waals surface area contributed by atoms with E-state index in [-0.39, 0.29) is 17.2 Å². The molecule has 2 unspecified atom stereocenters. The average molecular weight is 225 g/mol. The molecule has 4 nitrogen and oxygen atoms in total. The van der Waals surface area contributed by atoms with Gasteiger partial charge in [-0.25, -0.2) is 0 Å². The van der Waals surface area contributed by atoms with Crippen LogP contribution in [-0.4, -0.2) is 29.9 Å². The minimum absolute atomic E-state index is 0.0721. The van der Waals surface area contributed by atoms with Crippen LogP contribution in [-0.2, 0) is 4.79 Å². The Hall–Kier alpha value is -1.08. The molecule has 0 aromatic rings. The van der Waals surface area contributed by atoms with E-state index in [0.29, 0.717) is 13.1 Å². The van der Waals surface area contributed by atoms with Crippen molar-refractivity contribution in [1.82, 2.24) is 4.90 Å². The highest BCUT2D eigenvalue weighted by Gasteiger charge is 2.30. The van der Waals surface area contributed by atoms with Gasteiger partial charge in [0.25, 0.3) is 0 Å². The molecule has 1 amide bonds. The van der Waals surface area contributed by atoms with E-state index in [4.69, 9.17) is 11.0 Å². The molecule has 0 saturated carbocycles. The molecule has 0 saturated heterocycles. The summed E-state index contributed by atoms with van der Waals surface area (Å²) in [4.78, 5) is 13.7. The van der Waals surface area contributed by atoms with Crippen molar-refractivity contribution < 1.29 is 4.79 Å². The molecule has 0 heterocycles. The standard InChI is InChI=1S/C12H23N3O/c1-6-15(8-9(2)7-13)11(16)10(14)12(3,4)5/h9-10H,6,8,14H2,1-5H3. The third-order valence-electron chi connectivity index (χ3n) is 2.61. The van der Waals surface area contributed by atoms with E-state index in [0.717, 1.165) is 0 Å². The number of nitrogens with two attached hydrogens (primary N) is 1. The lowest BCUT2D eigenvalue weighted by atomic mass is 9.86. The summed E-state index contributed by atoms with van der Waals surface area (Å²) in [6.45, 7) is 10.6. The Bertz CT molecular complexity index is 275. The fourth-order valence-electron chi connectivity index (χ4n) is 1.31. The molecule has 0 aromatic carbocycles. The van der Waals surface area contributed by atoms with E-state index in [2.05, 4.69) is 6.07 Å². The molecule has 4 heteroatoms. The largest absolute Gasteiger partial charge is 0.340 e. The van der Waals surface area contributed by atoms with E-state index in [1.165, 1.54) is 0 Å². The Balaban J connectivity index is 4.61. The van der Waals surface area contributed by atoms with Gasteiger partial charge in [0.2, 0.25) is 5.91 Å². The highest BCUT2D eigenvalue weighted by Crippen LogP contribution is 2.19. The summed E-state index contributed by atoms with van der Waals surface area (Å²) in [5.74, 6) is -0.229. The first-order valence-electron chi connectivity index (χ1n) is 5.68. The van der Waals surface area contributed by atoms with E-state index in [9.17, 15) is 4.79 Å². The maximum Gasteiger partial charge on any atom is 0.240 e. The zero-order chi connectivity index (χ0) is 12.9. The summed E-state index contributed by atoms with van der Waals surface area (Å²) in [7, 11) is 0. The average Bonchev–Trinajstić information content (AvgIpc) is 2.22. The van der Waals surface area contributed by atoms with Crippen LogP contribution in [0.3, 0.4) is 0 Å². The Morgan fingerprint density at radius 1 is 1.50 bits per heavy atom. The molecule has 16 heavy (non-hydrogen) atoms. The summed E-state index contributed by atoms with van der Waals surface area (Å²) in [6, 6.07) is 1.61. The number of carbonyl (C=O) groups is 1. The molecular formula is C12H23N3O. The minimum Gasteiger partial charge on any atom is -0.340 e. The lowest BCUT2D eigenvalue weighted by Crippen LogP contribution is -2.51. The van der Waals surface area contributed by atoms with Crippen molar-refractivity contribution in [3.63, 3.8) is 0 Å². The van der Waals surface area contributed by atoms with Crippen molar-refractivity contribution in [3.05, 3.63) is 0 Å². The van der Waals surface area contributed by atoms with Crippen LogP contribution in [0.5, 0.6) is 0 Å². The molecule has 0 rings (SSSR count). The second-order valence-corrected chi connectivity index (χ2v) is 5.25. The van der Waals surface area contributed by atoms with E-state index < -0.39 is 6.04 Å². The van der Waals surface area contributed by atoms with Crippen LogP contribution >= 0.6 is 0 Å². The maximum absolute atomic E-state index is 12.1. The highest BCUT2D eigenvalue weighted by molar-refractivity contribution is 5.82. The van der Waals surface area contributed by atoms with Crippen molar-refractivity contribution in [1.29, 1.82) is 5.26 Å². The molecule has 0 radical (unpaired) electrons. The van der Waals surface area contributed by atoms with Crippen molar-refractivity contribution in [2.75, 3.05) is 13.1 Å². The van der Waals surface area contributed by atoms with Gasteiger partial charge in [-0.3, -0.25) is 4.79 Å². The number of likely N-dealkylation sites (N-methyl/N-ethyl adjacent to an activating group) is 1. The smallest absolute Gasteiger partial charge is 0.240 e. The first-order chi connectivity index (χ1) is 7.23. The van der Waals surface area contributed by atoms with Gasteiger partial charge in [0.1, 0.15) is 0 Å². The van der Waals surface area contributed by atoms with Crippen molar-refractivity contribution in [2.24, 2.45) is 17.1 Å². The Morgan fingerprint density at radius 2 is 2.00 bits per heavy atom. The zero-order valence-electron chi connectivity index (χ0n) is 10.9. The molecule has 0 fully saturated rings. The topological polar surface area (TPSA) is 70.1 Å². The summed E-state index contributed by atoms with van der Waals surface area (Å²) in [5.41, 5.74) is 5.66. The molecule has 2 atom stereocenters. The van der Waals surface area contributed by atoms with Crippen molar-refractivity contribution in [3.8, 4) is 6.07 Å². The number of nitrogens with zero attached hydrogens (tertiary/aromatic N) is 2. The first-order valence-corrected chi connectivity index (χ1v) is 5.68. The summed E-state index contributed by atoms with van der Waals surface area (Å²) in [6.07, 6.45) is 0. The first kappa shape index (κ1) is 14.9. The Labute approximate surface area is 98.4 Å². The number of rotatable bonds is 4. The summed E-state index contributed by atoms with van der Waals surface area (Å²) < 4.78 is 0. The second-order valence-electron chi connectivity index (χ2n) is 5.25. The van der Waals surface area contributed by atoms with Crippen molar-refractivity contribution in [2.45, 2.75) is 40.7 Å². The van der Waals surface area contributed by atoms with Gasteiger partial charge in [-0.05, 0) is 19.3 Å². The highest BCUT2D eigenvalue weighted by atomic mass is 16.2. The van der Waals surface area contributed by atoms with Crippen LogP contribution in [0.2, 0.25) is 0 Å². The predicted octanol–water partition coefficient (Wildman–Crippen LogP) is 1.37. The molecular weight excluding hydrogens is 202 g/mol. The predicted molar refractivity (Wildman–Crippen MR) is 64.5 cm³/mol. The molecule has 0 aromatic heterocycles. The molecule has 92 valence electrons. The molecule has 0 spiro atoms. The number of amides is 1. The maximum atomic E-state index is 12.1. The molecule has 0 aliphatic carbocycles.